The highest BCUT2D eigenvalue weighted by Crippen LogP contribution is 2.07. The number of amides is 1. The molecule has 0 spiro atoms. The summed E-state index contributed by atoms with van der Waals surface area (Å²) in [5, 5.41) is 2.73. The van der Waals surface area contributed by atoms with Crippen LogP contribution in [0.25, 0.3) is 0 Å². The molecule has 0 aliphatic rings. The summed E-state index contributed by atoms with van der Waals surface area (Å²) >= 11 is 0. The minimum Gasteiger partial charge on any atom is -0.484 e. The van der Waals surface area contributed by atoms with E-state index in [1.807, 2.05) is 18.2 Å². The molecule has 5 nitrogen and oxygen atoms in total. The molecular formula is C18H25NO4Si. The van der Waals surface area contributed by atoms with Gasteiger partial charge in [0.2, 0.25) is 0 Å². The zero-order valence-electron chi connectivity index (χ0n) is 14.7. The van der Waals surface area contributed by atoms with E-state index in [0.29, 0.717) is 12.4 Å². The molecule has 1 unspecified atom stereocenters. The Balaban J connectivity index is 2.63. The molecule has 1 aromatic rings. The van der Waals surface area contributed by atoms with Crippen LogP contribution in [0.4, 0.5) is 0 Å². The first kappa shape index (κ1) is 19.8. The summed E-state index contributed by atoms with van der Waals surface area (Å²) < 4.78 is 10.3. The Morgan fingerprint density at radius 1 is 1.21 bits per heavy atom. The van der Waals surface area contributed by atoms with Crippen molar-refractivity contribution in [1.29, 1.82) is 0 Å². The van der Waals surface area contributed by atoms with Crippen molar-refractivity contribution in [3.63, 3.8) is 0 Å². The fourth-order valence-corrected chi connectivity index (χ4v) is 2.34. The van der Waals surface area contributed by atoms with Crippen molar-refractivity contribution >= 4 is 20.0 Å². The lowest BCUT2D eigenvalue weighted by Gasteiger charge is -2.14. The van der Waals surface area contributed by atoms with Gasteiger partial charge in [-0.2, -0.15) is 0 Å². The highest BCUT2D eigenvalue weighted by Gasteiger charge is 2.17. The molecule has 0 aliphatic heterocycles. The monoisotopic (exact) mass is 347 g/mol. The van der Waals surface area contributed by atoms with Gasteiger partial charge in [0.15, 0.2) is 6.61 Å². The summed E-state index contributed by atoms with van der Waals surface area (Å²) in [4.78, 5) is 23.7. The van der Waals surface area contributed by atoms with E-state index in [9.17, 15) is 9.59 Å². The predicted molar refractivity (Wildman–Crippen MR) is 96.2 cm³/mol. The number of benzene rings is 1. The van der Waals surface area contributed by atoms with Gasteiger partial charge in [0, 0.05) is 0 Å². The van der Waals surface area contributed by atoms with Crippen molar-refractivity contribution in [3.8, 4) is 17.2 Å². The van der Waals surface area contributed by atoms with E-state index in [2.05, 4.69) is 36.4 Å². The lowest BCUT2D eigenvalue weighted by molar-refractivity contribution is -0.143. The highest BCUT2D eigenvalue weighted by molar-refractivity contribution is 6.83. The number of para-hydroxylation sites is 1. The standard InChI is InChI=1S/C18H25NO4Si/c1-5-22-18(21)13-15(11-12-24(2,3)4)19-17(20)14-23-16-9-7-6-8-10-16/h6-10,15H,5,13-14H2,1-4H3,(H,19,20). The van der Waals surface area contributed by atoms with Gasteiger partial charge in [0.1, 0.15) is 19.9 Å². The second-order valence-corrected chi connectivity index (χ2v) is 11.0. The molecule has 0 aliphatic carbocycles. The molecule has 1 N–H and O–H groups in total. The van der Waals surface area contributed by atoms with Crippen LogP contribution in [0.2, 0.25) is 19.6 Å². The van der Waals surface area contributed by atoms with Gasteiger partial charge in [-0.3, -0.25) is 9.59 Å². The molecule has 1 amide bonds. The maximum absolute atomic E-state index is 12.0. The van der Waals surface area contributed by atoms with E-state index in [0.717, 1.165) is 0 Å². The van der Waals surface area contributed by atoms with E-state index in [-0.39, 0.29) is 24.9 Å². The number of hydrogen-bond donors (Lipinski definition) is 1. The molecule has 24 heavy (non-hydrogen) atoms. The third kappa shape index (κ3) is 9.01. The van der Waals surface area contributed by atoms with Crippen LogP contribution in [0.5, 0.6) is 5.75 Å². The normalized spacial score (nSPS) is 11.7. The van der Waals surface area contributed by atoms with E-state index >= 15 is 0 Å². The smallest absolute Gasteiger partial charge is 0.308 e. The van der Waals surface area contributed by atoms with Gasteiger partial charge in [-0.05, 0) is 19.1 Å². The topological polar surface area (TPSA) is 64.6 Å². The maximum Gasteiger partial charge on any atom is 0.308 e. The molecule has 0 saturated heterocycles. The van der Waals surface area contributed by atoms with Crippen LogP contribution in [0.15, 0.2) is 30.3 Å². The Hall–Kier alpha value is -2.26. The van der Waals surface area contributed by atoms with Crippen LogP contribution in [0.1, 0.15) is 13.3 Å². The van der Waals surface area contributed by atoms with Crippen molar-refractivity contribution in [2.45, 2.75) is 39.0 Å². The van der Waals surface area contributed by atoms with Crippen LogP contribution in [-0.4, -0.2) is 39.2 Å². The first-order valence-electron chi connectivity index (χ1n) is 7.95. The fraction of sp³-hybridized carbons (Fsp3) is 0.444. The lowest BCUT2D eigenvalue weighted by atomic mass is 10.2. The van der Waals surface area contributed by atoms with Crippen LogP contribution >= 0.6 is 0 Å². The summed E-state index contributed by atoms with van der Waals surface area (Å²) in [5.74, 6) is 2.92. The van der Waals surface area contributed by atoms with Crippen LogP contribution in [-0.2, 0) is 14.3 Å². The van der Waals surface area contributed by atoms with Crippen molar-refractivity contribution in [3.05, 3.63) is 30.3 Å². The molecule has 0 heterocycles. The molecular weight excluding hydrogens is 322 g/mol. The number of carbonyl (C=O) groups is 2. The third-order valence-corrected chi connectivity index (χ3v) is 3.64. The molecule has 130 valence electrons. The van der Waals surface area contributed by atoms with E-state index in [1.165, 1.54) is 0 Å². The number of hydrogen-bond acceptors (Lipinski definition) is 4. The summed E-state index contributed by atoms with van der Waals surface area (Å²) in [6.45, 7) is 8.22. The Labute approximate surface area is 144 Å². The van der Waals surface area contributed by atoms with Crippen LogP contribution in [0, 0.1) is 11.5 Å². The van der Waals surface area contributed by atoms with Crippen molar-refractivity contribution in [2.75, 3.05) is 13.2 Å². The predicted octanol–water partition coefficient (Wildman–Crippen LogP) is 2.38. The van der Waals surface area contributed by atoms with Gasteiger partial charge in [-0.15, -0.1) is 5.54 Å². The first-order chi connectivity index (χ1) is 11.3. The zero-order valence-corrected chi connectivity index (χ0v) is 15.7. The molecule has 0 aromatic heterocycles. The van der Waals surface area contributed by atoms with Crippen molar-refractivity contribution in [2.24, 2.45) is 0 Å². The van der Waals surface area contributed by atoms with Crippen molar-refractivity contribution < 1.29 is 19.1 Å². The Bertz CT molecular complexity index is 599. The number of nitrogens with one attached hydrogen (secondary N) is 1. The van der Waals surface area contributed by atoms with Crippen LogP contribution in [0.3, 0.4) is 0 Å². The van der Waals surface area contributed by atoms with Gasteiger partial charge < -0.3 is 14.8 Å². The molecule has 0 bridgehead atoms. The number of esters is 1. The maximum atomic E-state index is 12.0. The zero-order chi connectivity index (χ0) is 18.0. The van der Waals surface area contributed by atoms with Crippen molar-refractivity contribution in [1.82, 2.24) is 5.32 Å². The van der Waals surface area contributed by atoms with Gasteiger partial charge in [0.25, 0.3) is 5.91 Å². The molecule has 0 fully saturated rings. The van der Waals surface area contributed by atoms with Crippen LogP contribution < -0.4 is 10.1 Å². The Kier molecular flexibility index (Phi) is 8.06. The van der Waals surface area contributed by atoms with E-state index < -0.39 is 14.1 Å². The SMILES string of the molecule is CCOC(=O)CC(C#C[Si](C)(C)C)NC(=O)COc1ccccc1. The second-order valence-electron chi connectivity index (χ2n) is 6.25. The number of ether oxygens (including phenoxy) is 2. The van der Waals surface area contributed by atoms with E-state index in [1.54, 1.807) is 19.1 Å². The summed E-state index contributed by atoms with van der Waals surface area (Å²) in [6, 6.07) is 8.51. The van der Waals surface area contributed by atoms with Gasteiger partial charge in [-0.1, -0.05) is 43.8 Å². The fourth-order valence-electron chi connectivity index (χ4n) is 1.73. The summed E-state index contributed by atoms with van der Waals surface area (Å²) in [6.07, 6.45) is 0.0302. The largest absolute Gasteiger partial charge is 0.484 e. The molecule has 0 radical (unpaired) electrons. The summed E-state index contributed by atoms with van der Waals surface area (Å²) in [7, 11) is -1.61. The minimum atomic E-state index is -1.61. The summed E-state index contributed by atoms with van der Waals surface area (Å²) in [5.41, 5.74) is 3.17. The van der Waals surface area contributed by atoms with E-state index in [4.69, 9.17) is 9.47 Å². The molecule has 1 atom stereocenters. The Morgan fingerprint density at radius 2 is 1.88 bits per heavy atom. The second kappa shape index (κ2) is 9.78. The number of rotatable bonds is 7. The lowest BCUT2D eigenvalue weighted by Crippen LogP contribution is -2.39. The first-order valence-corrected chi connectivity index (χ1v) is 11.5. The van der Waals surface area contributed by atoms with Gasteiger partial charge in [-0.25, -0.2) is 0 Å². The van der Waals surface area contributed by atoms with Gasteiger partial charge in [0.05, 0.1) is 13.0 Å². The molecule has 1 rings (SSSR count). The minimum absolute atomic E-state index is 0.0302. The van der Waals surface area contributed by atoms with Gasteiger partial charge >= 0.3 is 5.97 Å². The molecule has 0 saturated carbocycles. The highest BCUT2D eigenvalue weighted by atomic mass is 28.3. The molecule has 1 aromatic carbocycles. The quantitative estimate of drug-likeness (QED) is 0.467. The molecule has 6 heteroatoms. The average molecular weight is 347 g/mol. The number of carbonyl (C=O) groups excluding carboxylic acids is 2. The average Bonchev–Trinajstić information content (AvgIpc) is 2.51. The Morgan fingerprint density at radius 3 is 2.46 bits per heavy atom. The third-order valence-electron chi connectivity index (χ3n) is 2.75.